The van der Waals surface area contributed by atoms with Crippen molar-refractivity contribution in [3.05, 3.63) is 29.8 Å². The Kier molecular flexibility index (Phi) is 2.07. The minimum Gasteiger partial charge on any atom is -0.503 e. The number of rotatable bonds is 1. The lowest BCUT2D eigenvalue weighted by Crippen LogP contribution is -1.91. The number of nitrogen functional groups attached to an aromatic ring is 1. The SMILES string of the molecule is Cc1onc(-c2cc(F)ccc2N)c1O. The summed E-state index contributed by atoms with van der Waals surface area (Å²) in [4.78, 5) is 0. The fourth-order valence-electron chi connectivity index (χ4n) is 1.28. The summed E-state index contributed by atoms with van der Waals surface area (Å²) in [6.45, 7) is 1.56. The van der Waals surface area contributed by atoms with E-state index < -0.39 is 5.82 Å². The maximum absolute atomic E-state index is 13.0. The third kappa shape index (κ3) is 1.52. The number of aromatic hydroxyl groups is 1. The molecular formula is C10H9FN2O2. The van der Waals surface area contributed by atoms with Crippen LogP contribution in [0.4, 0.5) is 10.1 Å². The van der Waals surface area contributed by atoms with E-state index in [0.29, 0.717) is 11.3 Å². The van der Waals surface area contributed by atoms with Gasteiger partial charge in [-0.3, -0.25) is 0 Å². The van der Waals surface area contributed by atoms with E-state index in [2.05, 4.69) is 5.16 Å². The first kappa shape index (κ1) is 9.51. The van der Waals surface area contributed by atoms with Gasteiger partial charge in [-0.05, 0) is 18.2 Å². The Balaban J connectivity index is 2.63. The molecule has 0 bridgehead atoms. The standard InChI is InChI=1S/C10H9FN2O2/c1-5-10(14)9(13-15-5)7-4-6(11)2-3-8(7)12/h2-4,14H,12H2,1H3. The Bertz CT molecular complexity index is 508. The monoisotopic (exact) mass is 208 g/mol. The van der Waals surface area contributed by atoms with Crippen LogP contribution in [0, 0.1) is 12.7 Å². The van der Waals surface area contributed by atoms with Gasteiger partial charge in [0.1, 0.15) is 5.82 Å². The molecule has 0 amide bonds. The molecule has 5 heteroatoms. The summed E-state index contributed by atoms with van der Waals surface area (Å²) in [5.74, 6) is -0.291. The molecule has 0 atom stereocenters. The molecule has 0 radical (unpaired) electrons. The molecule has 2 rings (SSSR count). The quantitative estimate of drug-likeness (QED) is 0.703. The molecule has 3 N–H and O–H groups in total. The number of anilines is 1. The van der Waals surface area contributed by atoms with Gasteiger partial charge in [-0.2, -0.15) is 0 Å². The van der Waals surface area contributed by atoms with Gasteiger partial charge in [0.25, 0.3) is 0 Å². The first-order valence-electron chi connectivity index (χ1n) is 4.30. The van der Waals surface area contributed by atoms with E-state index in [4.69, 9.17) is 10.3 Å². The van der Waals surface area contributed by atoms with Gasteiger partial charge in [0.2, 0.25) is 0 Å². The van der Waals surface area contributed by atoms with E-state index >= 15 is 0 Å². The van der Waals surface area contributed by atoms with Crippen molar-refractivity contribution in [3.8, 4) is 17.0 Å². The van der Waals surface area contributed by atoms with Crippen LogP contribution in [0.25, 0.3) is 11.3 Å². The first-order chi connectivity index (χ1) is 7.09. The van der Waals surface area contributed by atoms with Crippen LogP contribution >= 0.6 is 0 Å². The van der Waals surface area contributed by atoms with Gasteiger partial charge in [-0.15, -0.1) is 0 Å². The van der Waals surface area contributed by atoms with Crippen molar-refractivity contribution < 1.29 is 14.0 Å². The Hall–Kier alpha value is -2.04. The summed E-state index contributed by atoms with van der Waals surface area (Å²) in [5.41, 5.74) is 6.45. The lowest BCUT2D eigenvalue weighted by atomic mass is 10.1. The van der Waals surface area contributed by atoms with Crippen LogP contribution in [-0.4, -0.2) is 10.3 Å². The van der Waals surface area contributed by atoms with Crippen molar-refractivity contribution in [2.75, 3.05) is 5.73 Å². The summed E-state index contributed by atoms with van der Waals surface area (Å²) in [5, 5.41) is 13.2. The number of nitrogens with two attached hydrogens (primary N) is 1. The van der Waals surface area contributed by atoms with Crippen LogP contribution < -0.4 is 5.73 Å². The molecule has 1 aromatic heterocycles. The highest BCUT2D eigenvalue weighted by Crippen LogP contribution is 2.34. The van der Waals surface area contributed by atoms with E-state index in [-0.39, 0.29) is 17.2 Å². The zero-order valence-corrected chi connectivity index (χ0v) is 7.99. The first-order valence-corrected chi connectivity index (χ1v) is 4.30. The number of aryl methyl sites for hydroxylation is 1. The highest BCUT2D eigenvalue weighted by molar-refractivity contribution is 5.77. The molecule has 0 aliphatic carbocycles. The van der Waals surface area contributed by atoms with E-state index in [9.17, 15) is 9.50 Å². The third-order valence-electron chi connectivity index (χ3n) is 2.10. The Labute approximate surface area is 85.1 Å². The molecule has 0 fully saturated rings. The normalized spacial score (nSPS) is 10.5. The van der Waals surface area contributed by atoms with E-state index in [1.165, 1.54) is 18.2 Å². The second-order valence-corrected chi connectivity index (χ2v) is 3.17. The molecule has 0 saturated carbocycles. The number of halogens is 1. The van der Waals surface area contributed by atoms with Crippen LogP contribution in [0.3, 0.4) is 0 Å². The molecule has 0 aliphatic rings. The summed E-state index contributed by atoms with van der Waals surface area (Å²) < 4.78 is 17.7. The highest BCUT2D eigenvalue weighted by Gasteiger charge is 2.16. The fraction of sp³-hybridized carbons (Fsp3) is 0.100. The molecule has 1 aromatic carbocycles. The topological polar surface area (TPSA) is 72.3 Å². The molecule has 2 aromatic rings. The number of nitrogens with zero attached hydrogens (tertiary/aromatic N) is 1. The molecule has 0 saturated heterocycles. The predicted molar refractivity (Wildman–Crippen MR) is 52.7 cm³/mol. The molecular weight excluding hydrogens is 199 g/mol. The zero-order chi connectivity index (χ0) is 11.0. The minimum atomic E-state index is -0.445. The summed E-state index contributed by atoms with van der Waals surface area (Å²) in [7, 11) is 0. The van der Waals surface area contributed by atoms with Gasteiger partial charge >= 0.3 is 0 Å². The number of hydrogen-bond acceptors (Lipinski definition) is 4. The van der Waals surface area contributed by atoms with Gasteiger partial charge in [0.05, 0.1) is 0 Å². The maximum atomic E-state index is 13.0. The Morgan fingerprint density at radius 2 is 2.20 bits per heavy atom. The largest absolute Gasteiger partial charge is 0.503 e. The van der Waals surface area contributed by atoms with Gasteiger partial charge in [0, 0.05) is 18.2 Å². The molecule has 78 valence electrons. The van der Waals surface area contributed by atoms with Crippen LogP contribution in [0.1, 0.15) is 5.76 Å². The van der Waals surface area contributed by atoms with E-state index in [1.54, 1.807) is 6.92 Å². The molecule has 0 spiro atoms. The summed E-state index contributed by atoms with van der Waals surface area (Å²) in [6, 6.07) is 3.85. The third-order valence-corrected chi connectivity index (χ3v) is 2.10. The van der Waals surface area contributed by atoms with Crippen molar-refractivity contribution >= 4 is 5.69 Å². The van der Waals surface area contributed by atoms with Crippen LogP contribution in [-0.2, 0) is 0 Å². The van der Waals surface area contributed by atoms with Crippen molar-refractivity contribution in [2.45, 2.75) is 6.92 Å². The van der Waals surface area contributed by atoms with Crippen LogP contribution in [0.15, 0.2) is 22.7 Å². The smallest absolute Gasteiger partial charge is 0.186 e. The zero-order valence-electron chi connectivity index (χ0n) is 7.99. The lowest BCUT2D eigenvalue weighted by Gasteiger charge is -2.01. The number of aromatic nitrogens is 1. The van der Waals surface area contributed by atoms with Crippen molar-refractivity contribution in [2.24, 2.45) is 0 Å². The maximum Gasteiger partial charge on any atom is 0.186 e. The number of benzene rings is 1. The molecule has 0 aliphatic heterocycles. The lowest BCUT2D eigenvalue weighted by molar-refractivity contribution is 0.384. The van der Waals surface area contributed by atoms with Crippen LogP contribution in [0.5, 0.6) is 5.75 Å². The molecule has 4 nitrogen and oxygen atoms in total. The van der Waals surface area contributed by atoms with Crippen LogP contribution in [0.2, 0.25) is 0 Å². The second-order valence-electron chi connectivity index (χ2n) is 3.17. The van der Waals surface area contributed by atoms with Gasteiger partial charge in [-0.1, -0.05) is 5.16 Å². The average Bonchev–Trinajstić information content (AvgIpc) is 2.52. The van der Waals surface area contributed by atoms with Gasteiger partial charge in [-0.25, -0.2) is 4.39 Å². The van der Waals surface area contributed by atoms with Gasteiger partial charge < -0.3 is 15.4 Å². The number of hydrogen-bond donors (Lipinski definition) is 2. The van der Waals surface area contributed by atoms with Crippen molar-refractivity contribution in [1.82, 2.24) is 5.16 Å². The predicted octanol–water partition coefficient (Wildman–Crippen LogP) is 2.08. The van der Waals surface area contributed by atoms with E-state index in [0.717, 1.165) is 0 Å². The average molecular weight is 208 g/mol. The van der Waals surface area contributed by atoms with E-state index in [1.807, 2.05) is 0 Å². The Morgan fingerprint density at radius 3 is 2.80 bits per heavy atom. The van der Waals surface area contributed by atoms with Crippen molar-refractivity contribution in [3.63, 3.8) is 0 Å². The fourth-order valence-corrected chi connectivity index (χ4v) is 1.28. The Morgan fingerprint density at radius 1 is 1.47 bits per heavy atom. The molecule has 0 unspecified atom stereocenters. The van der Waals surface area contributed by atoms with Crippen molar-refractivity contribution in [1.29, 1.82) is 0 Å². The summed E-state index contributed by atoms with van der Waals surface area (Å²) >= 11 is 0. The highest BCUT2D eigenvalue weighted by atomic mass is 19.1. The van der Waals surface area contributed by atoms with Gasteiger partial charge in [0.15, 0.2) is 17.2 Å². The minimum absolute atomic E-state index is 0.118. The molecule has 1 heterocycles. The molecule has 15 heavy (non-hydrogen) atoms. The summed E-state index contributed by atoms with van der Waals surface area (Å²) in [6.07, 6.45) is 0. The second kappa shape index (κ2) is 3.27.